The predicted molar refractivity (Wildman–Crippen MR) is 114 cm³/mol. The Morgan fingerprint density at radius 1 is 0.759 bits per heavy atom. The van der Waals surface area contributed by atoms with Gasteiger partial charge in [0.25, 0.3) is 10.1 Å². The molecule has 3 N–H and O–H groups in total. The van der Waals surface area contributed by atoms with Crippen molar-refractivity contribution in [2.45, 2.75) is 4.75 Å². The third kappa shape index (κ3) is 3.65. The molecular formula is C19H12Cl4O5S. The van der Waals surface area contributed by atoms with Crippen LogP contribution in [0.25, 0.3) is 0 Å². The second-order valence-electron chi connectivity index (χ2n) is 6.08. The molecule has 152 valence electrons. The van der Waals surface area contributed by atoms with Gasteiger partial charge in [-0.1, -0.05) is 64.6 Å². The average molecular weight is 494 g/mol. The van der Waals surface area contributed by atoms with Crippen molar-refractivity contribution in [3.8, 4) is 11.5 Å². The number of rotatable bonds is 4. The van der Waals surface area contributed by atoms with Crippen LogP contribution in [0, 0.1) is 0 Å². The Bertz CT molecular complexity index is 1190. The molecule has 0 amide bonds. The molecule has 5 nitrogen and oxygen atoms in total. The van der Waals surface area contributed by atoms with Gasteiger partial charge in [-0.2, -0.15) is 8.42 Å². The van der Waals surface area contributed by atoms with Gasteiger partial charge in [0.15, 0.2) is 4.75 Å². The number of hydrogen-bond donors (Lipinski definition) is 3. The third-order valence-corrected chi connectivity index (χ3v) is 6.98. The first-order valence-electron chi connectivity index (χ1n) is 7.89. The molecule has 0 fully saturated rings. The maximum absolute atomic E-state index is 13.0. The number of benzene rings is 3. The van der Waals surface area contributed by atoms with Gasteiger partial charge in [-0.25, -0.2) is 0 Å². The van der Waals surface area contributed by atoms with Crippen molar-refractivity contribution in [1.82, 2.24) is 0 Å². The summed E-state index contributed by atoms with van der Waals surface area (Å²) in [6.45, 7) is 0. The molecule has 3 aromatic carbocycles. The maximum Gasteiger partial charge on any atom is 0.283 e. The molecule has 10 heteroatoms. The first-order chi connectivity index (χ1) is 13.5. The minimum atomic E-state index is -5.14. The van der Waals surface area contributed by atoms with E-state index in [0.717, 1.165) is 12.1 Å². The lowest BCUT2D eigenvalue weighted by Crippen LogP contribution is -2.39. The maximum atomic E-state index is 13.0. The summed E-state index contributed by atoms with van der Waals surface area (Å²) in [7, 11) is -5.14. The fourth-order valence-electron chi connectivity index (χ4n) is 3.23. The average Bonchev–Trinajstić information content (AvgIpc) is 2.61. The molecule has 0 spiro atoms. The topological polar surface area (TPSA) is 94.8 Å². The molecule has 1 atom stereocenters. The zero-order valence-corrected chi connectivity index (χ0v) is 18.1. The van der Waals surface area contributed by atoms with Gasteiger partial charge >= 0.3 is 0 Å². The van der Waals surface area contributed by atoms with Crippen LogP contribution in [0.5, 0.6) is 11.5 Å². The molecule has 0 bridgehead atoms. The Balaban J connectivity index is 2.66. The van der Waals surface area contributed by atoms with Gasteiger partial charge in [0, 0.05) is 26.2 Å². The quantitative estimate of drug-likeness (QED) is 0.311. The van der Waals surface area contributed by atoms with Crippen molar-refractivity contribution < 1.29 is 23.2 Å². The Morgan fingerprint density at radius 2 is 1.41 bits per heavy atom. The lowest BCUT2D eigenvalue weighted by atomic mass is 9.83. The van der Waals surface area contributed by atoms with Gasteiger partial charge in [-0.3, -0.25) is 4.55 Å². The summed E-state index contributed by atoms with van der Waals surface area (Å²) in [6.07, 6.45) is 0. The normalized spacial score (nSPS) is 13.8. The molecule has 0 saturated heterocycles. The van der Waals surface area contributed by atoms with Gasteiger partial charge in [0.05, 0.1) is 5.02 Å². The summed E-state index contributed by atoms with van der Waals surface area (Å²) in [4.78, 5) is 0. The fraction of sp³-hybridized carbons (Fsp3) is 0.0526. The summed E-state index contributed by atoms with van der Waals surface area (Å²) < 4.78 is 33.9. The largest absolute Gasteiger partial charge is 0.508 e. The molecule has 3 aromatic rings. The number of phenolic OH excluding ortho intramolecular Hbond substituents is 2. The number of aromatic hydroxyl groups is 2. The molecular weight excluding hydrogens is 482 g/mol. The van der Waals surface area contributed by atoms with Gasteiger partial charge in [0.2, 0.25) is 0 Å². The molecule has 0 heterocycles. The minimum Gasteiger partial charge on any atom is -0.508 e. The Kier molecular flexibility index (Phi) is 5.98. The van der Waals surface area contributed by atoms with Crippen LogP contribution in [0.4, 0.5) is 0 Å². The Labute approximate surface area is 186 Å². The number of halogens is 4. The molecule has 0 aliphatic heterocycles. The molecule has 0 aliphatic carbocycles. The van der Waals surface area contributed by atoms with E-state index in [1.165, 1.54) is 42.5 Å². The number of phenols is 2. The predicted octanol–water partition coefficient (Wildman–Crippen LogP) is 5.89. The van der Waals surface area contributed by atoms with E-state index in [9.17, 15) is 23.2 Å². The summed E-state index contributed by atoms with van der Waals surface area (Å²) in [5.74, 6) is -1.02. The van der Waals surface area contributed by atoms with Crippen molar-refractivity contribution in [3.05, 3.63) is 91.4 Å². The molecule has 29 heavy (non-hydrogen) atoms. The number of hydrogen-bond acceptors (Lipinski definition) is 4. The summed E-state index contributed by atoms with van der Waals surface area (Å²) >= 11 is 24.6. The molecule has 0 aromatic heterocycles. The summed E-state index contributed by atoms with van der Waals surface area (Å²) in [5, 5.41) is 20.4. The molecule has 3 rings (SSSR count). The zero-order valence-electron chi connectivity index (χ0n) is 14.3. The summed E-state index contributed by atoms with van der Waals surface area (Å²) in [5.41, 5.74) is -0.719. The van der Waals surface area contributed by atoms with Gasteiger partial charge < -0.3 is 10.2 Å². The van der Waals surface area contributed by atoms with E-state index in [1.54, 1.807) is 0 Å². The molecule has 1 unspecified atom stereocenters. The Morgan fingerprint density at radius 3 is 2.00 bits per heavy atom. The van der Waals surface area contributed by atoms with Gasteiger partial charge in [-0.05, 0) is 42.0 Å². The first-order valence-corrected chi connectivity index (χ1v) is 10.8. The van der Waals surface area contributed by atoms with E-state index in [0.29, 0.717) is 0 Å². The second kappa shape index (κ2) is 7.87. The van der Waals surface area contributed by atoms with Crippen molar-refractivity contribution in [2.24, 2.45) is 0 Å². The van der Waals surface area contributed by atoms with E-state index < -0.39 is 26.4 Å². The smallest absolute Gasteiger partial charge is 0.283 e. The van der Waals surface area contributed by atoms with Crippen LogP contribution in [0.3, 0.4) is 0 Å². The van der Waals surface area contributed by atoms with Crippen LogP contribution in [0.15, 0.2) is 54.6 Å². The van der Waals surface area contributed by atoms with E-state index in [1.807, 2.05) is 0 Å². The van der Waals surface area contributed by atoms with Crippen LogP contribution in [0.2, 0.25) is 20.1 Å². The standard InChI is InChI=1S/C19H12Cl4O5S/c20-11-4-1-3-10(7-11)19(29(26,27)28,18-13(21)5-2-6-16(18)24)12-8-17(25)15(23)9-14(12)22/h1-9,24-25H,(H,26,27,28). The van der Waals surface area contributed by atoms with Crippen LogP contribution >= 0.6 is 46.4 Å². The third-order valence-electron chi connectivity index (χ3n) is 4.38. The highest BCUT2D eigenvalue weighted by Crippen LogP contribution is 2.52. The first kappa shape index (κ1) is 22.0. The lowest BCUT2D eigenvalue weighted by molar-refractivity contribution is 0.439. The highest BCUT2D eigenvalue weighted by Gasteiger charge is 2.52. The highest BCUT2D eigenvalue weighted by atomic mass is 35.5. The monoisotopic (exact) mass is 492 g/mol. The van der Waals surface area contributed by atoms with Crippen LogP contribution in [-0.4, -0.2) is 23.2 Å². The van der Waals surface area contributed by atoms with E-state index in [-0.39, 0.29) is 36.8 Å². The second-order valence-corrected chi connectivity index (χ2v) is 9.30. The zero-order chi connectivity index (χ0) is 21.6. The van der Waals surface area contributed by atoms with Crippen LogP contribution in [-0.2, 0) is 14.9 Å². The minimum absolute atomic E-state index is 0.0699. The van der Waals surface area contributed by atoms with Crippen molar-refractivity contribution in [3.63, 3.8) is 0 Å². The molecule has 0 radical (unpaired) electrons. The molecule has 0 aliphatic rings. The van der Waals surface area contributed by atoms with Gasteiger partial charge in [-0.15, -0.1) is 0 Å². The van der Waals surface area contributed by atoms with Crippen molar-refractivity contribution in [1.29, 1.82) is 0 Å². The lowest BCUT2D eigenvalue weighted by Gasteiger charge is -2.34. The van der Waals surface area contributed by atoms with Crippen molar-refractivity contribution >= 4 is 56.5 Å². The van der Waals surface area contributed by atoms with Gasteiger partial charge in [0.1, 0.15) is 11.5 Å². The Hall–Kier alpha value is -1.67. The SMILES string of the molecule is O=S(=O)(O)C(c1cccc(Cl)c1)(c1cc(O)c(Cl)cc1Cl)c1c(O)cccc1Cl. The van der Waals surface area contributed by atoms with Crippen molar-refractivity contribution in [2.75, 3.05) is 0 Å². The fourth-order valence-corrected chi connectivity index (χ4v) is 5.71. The van der Waals surface area contributed by atoms with E-state index in [4.69, 9.17) is 46.4 Å². The summed E-state index contributed by atoms with van der Waals surface area (Å²) in [6, 6.07) is 11.6. The van der Waals surface area contributed by atoms with Crippen LogP contribution in [0.1, 0.15) is 16.7 Å². The molecule has 0 saturated carbocycles. The van der Waals surface area contributed by atoms with E-state index in [2.05, 4.69) is 0 Å². The van der Waals surface area contributed by atoms with E-state index >= 15 is 0 Å². The van der Waals surface area contributed by atoms with Crippen LogP contribution < -0.4 is 0 Å². The highest BCUT2D eigenvalue weighted by molar-refractivity contribution is 7.87.